The summed E-state index contributed by atoms with van der Waals surface area (Å²) in [6.07, 6.45) is 3.61. The van der Waals surface area contributed by atoms with Crippen LogP contribution >= 0.6 is 11.3 Å². The van der Waals surface area contributed by atoms with Crippen LogP contribution in [-0.4, -0.2) is 49.4 Å². The molecule has 5 rings (SSSR count). The van der Waals surface area contributed by atoms with Crippen LogP contribution in [0.4, 0.5) is 5.13 Å². The summed E-state index contributed by atoms with van der Waals surface area (Å²) in [6, 6.07) is 9.80. The number of aromatic nitrogens is 1. The number of benzene rings is 2. The van der Waals surface area contributed by atoms with E-state index in [2.05, 4.69) is 10.3 Å². The maximum Gasteiger partial charge on any atom is 0.257 e. The molecule has 3 aromatic rings. The molecule has 0 spiro atoms. The summed E-state index contributed by atoms with van der Waals surface area (Å²) in [5.74, 6) is 0.971. The monoisotopic (exact) mass is 487 g/mol. The van der Waals surface area contributed by atoms with Crippen molar-refractivity contribution in [3.05, 3.63) is 42.0 Å². The van der Waals surface area contributed by atoms with E-state index in [1.165, 1.54) is 23.5 Å². The number of nitrogens with zero attached hydrogens (tertiary/aromatic N) is 2. The molecule has 0 bridgehead atoms. The quantitative estimate of drug-likeness (QED) is 0.577. The van der Waals surface area contributed by atoms with E-state index in [1.54, 1.807) is 22.5 Å². The van der Waals surface area contributed by atoms with Gasteiger partial charge in [0, 0.05) is 30.3 Å². The number of carbonyl (C=O) groups excluding carboxylic acids is 1. The third-order valence-electron chi connectivity index (χ3n) is 6.04. The lowest BCUT2D eigenvalue weighted by Gasteiger charge is -2.34. The van der Waals surface area contributed by atoms with Crippen LogP contribution in [0, 0.1) is 0 Å². The van der Waals surface area contributed by atoms with Gasteiger partial charge in [0.25, 0.3) is 5.91 Å². The van der Waals surface area contributed by atoms with E-state index < -0.39 is 10.0 Å². The first-order chi connectivity index (χ1) is 16.0. The maximum absolute atomic E-state index is 13.1. The molecule has 0 aliphatic carbocycles. The Morgan fingerprint density at radius 2 is 1.88 bits per heavy atom. The molecule has 1 unspecified atom stereocenters. The van der Waals surface area contributed by atoms with Crippen LogP contribution in [0.25, 0.3) is 10.2 Å². The number of fused-ring (bicyclic) bond motifs is 2. The van der Waals surface area contributed by atoms with Crippen molar-refractivity contribution >= 4 is 42.6 Å². The van der Waals surface area contributed by atoms with E-state index in [0.29, 0.717) is 47.5 Å². The number of anilines is 1. The molecule has 1 saturated heterocycles. The molecule has 174 valence electrons. The van der Waals surface area contributed by atoms with Gasteiger partial charge in [-0.2, -0.15) is 4.31 Å². The summed E-state index contributed by atoms with van der Waals surface area (Å²) < 4.78 is 39.9. The largest absolute Gasteiger partial charge is 0.486 e. The SMILES string of the molecule is CCC1CCCCN1S(=O)(=O)c1ccc(C(=O)Nc2nc3cc4c(cc3s2)OCCO4)cc1. The van der Waals surface area contributed by atoms with Gasteiger partial charge in [0.2, 0.25) is 10.0 Å². The molecule has 1 aromatic heterocycles. The molecule has 8 nitrogen and oxygen atoms in total. The van der Waals surface area contributed by atoms with Gasteiger partial charge in [-0.3, -0.25) is 10.1 Å². The molecule has 0 saturated carbocycles. The Kier molecular flexibility index (Phi) is 5.98. The van der Waals surface area contributed by atoms with Gasteiger partial charge in [-0.25, -0.2) is 13.4 Å². The lowest BCUT2D eigenvalue weighted by Crippen LogP contribution is -2.43. The molecular formula is C23H25N3O5S2. The van der Waals surface area contributed by atoms with Crippen molar-refractivity contribution in [2.75, 3.05) is 25.1 Å². The number of thiazole rings is 1. The lowest BCUT2D eigenvalue weighted by molar-refractivity contribution is 0.102. The van der Waals surface area contributed by atoms with Crippen molar-refractivity contribution in [2.45, 2.75) is 43.5 Å². The Bertz CT molecular complexity index is 1240. The van der Waals surface area contributed by atoms with Crippen molar-refractivity contribution in [3.63, 3.8) is 0 Å². The summed E-state index contributed by atoms with van der Waals surface area (Å²) in [5, 5.41) is 3.25. The fourth-order valence-corrected chi connectivity index (χ4v) is 6.94. The number of nitrogens with one attached hydrogen (secondary N) is 1. The second kappa shape index (κ2) is 8.92. The smallest absolute Gasteiger partial charge is 0.257 e. The zero-order chi connectivity index (χ0) is 23.0. The topological polar surface area (TPSA) is 97.8 Å². The highest BCUT2D eigenvalue weighted by molar-refractivity contribution is 7.89. The molecule has 0 radical (unpaired) electrons. The van der Waals surface area contributed by atoms with Crippen LogP contribution in [0.3, 0.4) is 0 Å². The molecule has 1 amide bonds. The van der Waals surface area contributed by atoms with Gasteiger partial charge in [0.1, 0.15) is 13.2 Å². The van der Waals surface area contributed by atoms with Gasteiger partial charge in [-0.15, -0.1) is 0 Å². The van der Waals surface area contributed by atoms with Crippen LogP contribution in [0.15, 0.2) is 41.3 Å². The first-order valence-corrected chi connectivity index (χ1v) is 13.3. The minimum Gasteiger partial charge on any atom is -0.486 e. The molecule has 3 heterocycles. The molecule has 2 aliphatic heterocycles. The van der Waals surface area contributed by atoms with Crippen LogP contribution in [-0.2, 0) is 10.0 Å². The van der Waals surface area contributed by atoms with Crippen molar-refractivity contribution in [1.29, 1.82) is 0 Å². The highest BCUT2D eigenvalue weighted by Crippen LogP contribution is 2.38. The molecule has 10 heteroatoms. The van der Waals surface area contributed by atoms with E-state index in [-0.39, 0.29) is 16.8 Å². The first kappa shape index (κ1) is 22.1. The molecule has 2 aliphatic rings. The summed E-state index contributed by atoms with van der Waals surface area (Å²) in [4.78, 5) is 17.4. The minimum atomic E-state index is -3.58. The van der Waals surface area contributed by atoms with E-state index in [0.717, 1.165) is 30.4 Å². The number of hydrogen-bond acceptors (Lipinski definition) is 7. The normalized spacial score (nSPS) is 18.9. The average molecular weight is 488 g/mol. The van der Waals surface area contributed by atoms with Gasteiger partial charge in [0.15, 0.2) is 16.6 Å². The number of amides is 1. The van der Waals surface area contributed by atoms with E-state index >= 15 is 0 Å². The van der Waals surface area contributed by atoms with Crippen LogP contribution in [0.1, 0.15) is 43.0 Å². The predicted octanol–water partition coefficient (Wildman–Crippen LogP) is 4.27. The summed E-state index contributed by atoms with van der Waals surface area (Å²) in [7, 11) is -3.58. The summed E-state index contributed by atoms with van der Waals surface area (Å²) >= 11 is 1.34. The van der Waals surface area contributed by atoms with Crippen LogP contribution < -0.4 is 14.8 Å². The number of ether oxygens (including phenoxy) is 2. The van der Waals surface area contributed by atoms with Crippen molar-refractivity contribution < 1.29 is 22.7 Å². The fourth-order valence-electron chi connectivity index (χ4n) is 4.30. The minimum absolute atomic E-state index is 0.0345. The van der Waals surface area contributed by atoms with Crippen molar-refractivity contribution in [1.82, 2.24) is 9.29 Å². The second-order valence-electron chi connectivity index (χ2n) is 8.13. The maximum atomic E-state index is 13.1. The Balaban J connectivity index is 1.32. The second-order valence-corrected chi connectivity index (χ2v) is 11.1. The Hall–Kier alpha value is -2.69. The van der Waals surface area contributed by atoms with E-state index in [4.69, 9.17) is 9.47 Å². The van der Waals surface area contributed by atoms with Gasteiger partial charge in [-0.1, -0.05) is 24.7 Å². The lowest BCUT2D eigenvalue weighted by atomic mass is 10.0. The van der Waals surface area contributed by atoms with Crippen molar-refractivity contribution in [2.24, 2.45) is 0 Å². The molecular weight excluding hydrogens is 462 g/mol. The highest BCUT2D eigenvalue weighted by atomic mass is 32.2. The Morgan fingerprint density at radius 1 is 1.15 bits per heavy atom. The predicted molar refractivity (Wildman–Crippen MR) is 127 cm³/mol. The number of carbonyl (C=O) groups is 1. The molecule has 2 aromatic carbocycles. The number of piperidine rings is 1. The van der Waals surface area contributed by atoms with E-state index in [1.807, 2.05) is 13.0 Å². The van der Waals surface area contributed by atoms with Crippen molar-refractivity contribution in [3.8, 4) is 11.5 Å². The first-order valence-electron chi connectivity index (χ1n) is 11.1. The average Bonchev–Trinajstić information content (AvgIpc) is 3.23. The third kappa shape index (κ3) is 4.30. The van der Waals surface area contributed by atoms with Gasteiger partial charge < -0.3 is 9.47 Å². The fraction of sp³-hybridized carbons (Fsp3) is 0.391. The number of sulfonamides is 1. The Labute approximate surface area is 196 Å². The zero-order valence-corrected chi connectivity index (χ0v) is 19.9. The Morgan fingerprint density at radius 3 is 2.61 bits per heavy atom. The summed E-state index contributed by atoms with van der Waals surface area (Å²) in [5.41, 5.74) is 1.08. The van der Waals surface area contributed by atoms with Gasteiger partial charge in [0.05, 0.1) is 15.1 Å². The number of hydrogen-bond donors (Lipinski definition) is 1. The zero-order valence-electron chi connectivity index (χ0n) is 18.2. The molecule has 1 atom stereocenters. The molecule has 1 fully saturated rings. The van der Waals surface area contributed by atoms with Gasteiger partial charge >= 0.3 is 0 Å². The third-order valence-corrected chi connectivity index (χ3v) is 8.94. The van der Waals surface area contributed by atoms with E-state index in [9.17, 15) is 13.2 Å². The van der Waals surface area contributed by atoms with Crippen LogP contribution in [0.2, 0.25) is 0 Å². The van der Waals surface area contributed by atoms with Crippen LogP contribution in [0.5, 0.6) is 11.5 Å². The standard InChI is InChI=1S/C23H25N3O5S2/c1-2-16-5-3-4-10-26(16)33(28,29)17-8-6-15(7-9-17)22(27)25-23-24-18-13-19-20(14-21(18)32-23)31-12-11-30-19/h6-9,13-14,16H,2-5,10-12H2,1H3,(H,24,25,27). The molecule has 1 N–H and O–H groups in total. The number of rotatable bonds is 5. The molecule has 33 heavy (non-hydrogen) atoms. The van der Waals surface area contributed by atoms with Gasteiger partial charge in [-0.05, 0) is 43.5 Å². The highest BCUT2D eigenvalue weighted by Gasteiger charge is 2.32. The summed E-state index contributed by atoms with van der Waals surface area (Å²) in [6.45, 7) is 3.56.